The first kappa shape index (κ1) is 23.7. The second-order valence-electron chi connectivity index (χ2n) is 7.39. The third kappa shape index (κ3) is 5.25. The zero-order chi connectivity index (χ0) is 23.8. The molecule has 0 bridgehead atoms. The SMILES string of the molecule is O=C1CCN(C(=O)c2cc(C(F)(F)F)cc(C(F)(F)F)c2)C(Cc2ccc(F)c(F)c2)C1. The molecule has 3 rings (SSSR count). The Hall–Kier alpha value is -2.98. The smallest absolute Gasteiger partial charge is 0.334 e. The number of ketones is 1. The second-order valence-corrected chi connectivity index (χ2v) is 7.39. The lowest BCUT2D eigenvalue weighted by molar-refractivity contribution is -0.143. The molecule has 1 amide bonds. The number of rotatable bonds is 3. The Labute approximate surface area is 176 Å². The molecule has 172 valence electrons. The Bertz CT molecular complexity index is 1010. The Morgan fingerprint density at radius 2 is 1.50 bits per heavy atom. The van der Waals surface area contributed by atoms with Gasteiger partial charge >= 0.3 is 12.4 Å². The lowest BCUT2D eigenvalue weighted by atomic mass is 9.93. The van der Waals surface area contributed by atoms with Crippen molar-refractivity contribution in [1.82, 2.24) is 4.90 Å². The van der Waals surface area contributed by atoms with Crippen LogP contribution in [-0.2, 0) is 23.6 Å². The summed E-state index contributed by atoms with van der Waals surface area (Å²) >= 11 is 0. The van der Waals surface area contributed by atoms with Crippen molar-refractivity contribution in [3.05, 3.63) is 70.3 Å². The Balaban J connectivity index is 1.97. The van der Waals surface area contributed by atoms with Crippen molar-refractivity contribution in [3.63, 3.8) is 0 Å². The van der Waals surface area contributed by atoms with Gasteiger partial charge < -0.3 is 4.90 Å². The van der Waals surface area contributed by atoms with Crippen molar-refractivity contribution in [2.24, 2.45) is 0 Å². The Morgan fingerprint density at radius 1 is 0.906 bits per heavy atom. The van der Waals surface area contributed by atoms with Crippen LogP contribution in [0.2, 0.25) is 0 Å². The maximum Gasteiger partial charge on any atom is 0.416 e. The molecule has 1 aliphatic heterocycles. The first-order chi connectivity index (χ1) is 14.8. The molecule has 0 aromatic heterocycles. The topological polar surface area (TPSA) is 37.4 Å². The van der Waals surface area contributed by atoms with Crippen LogP contribution in [0.15, 0.2) is 36.4 Å². The number of carbonyl (C=O) groups excluding carboxylic acids is 2. The zero-order valence-electron chi connectivity index (χ0n) is 16.2. The van der Waals surface area contributed by atoms with E-state index in [1.807, 2.05) is 0 Å². The number of likely N-dealkylation sites (tertiary alicyclic amines) is 1. The van der Waals surface area contributed by atoms with E-state index in [2.05, 4.69) is 0 Å². The van der Waals surface area contributed by atoms with Gasteiger partial charge in [0, 0.05) is 31.0 Å². The van der Waals surface area contributed by atoms with E-state index in [0.29, 0.717) is 12.1 Å². The standard InChI is InChI=1S/C21H15F8NO2/c22-17-2-1-11(6-18(17)23)5-15-10-16(31)3-4-30(15)19(32)12-7-13(20(24,25)26)9-14(8-12)21(27,28)29/h1-2,6-9,15H,3-5,10H2. The summed E-state index contributed by atoms with van der Waals surface area (Å²) < 4.78 is 105. The maximum absolute atomic E-state index is 13.5. The summed E-state index contributed by atoms with van der Waals surface area (Å²) in [5.41, 5.74) is -3.90. The number of nitrogens with zero attached hydrogens (tertiary/aromatic N) is 1. The highest BCUT2D eigenvalue weighted by molar-refractivity contribution is 5.96. The summed E-state index contributed by atoms with van der Waals surface area (Å²) in [4.78, 5) is 25.8. The first-order valence-electron chi connectivity index (χ1n) is 9.32. The van der Waals surface area contributed by atoms with Crippen LogP contribution in [0.4, 0.5) is 35.1 Å². The van der Waals surface area contributed by atoms with E-state index in [-0.39, 0.29) is 43.2 Å². The number of carbonyl (C=O) groups is 2. The van der Waals surface area contributed by atoms with Crippen LogP contribution in [0, 0.1) is 11.6 Å². The molecule has 0 aliphatic carbocycles. The molecule has 2 aromatic rings. The molecule has 32 heavy (non-hydrogen) atoms. The van der Waals surface area contributed by atoms with Gasteiger partial charge in [0.05, 0.1) is 11.1 Å². The van der Waals surface area contributed by atoms with E-state index >= 15 is 0 Å². The first-order valence-corrected chi connectivity index (χ1v) is 9.32. The molecule has 2 aromatic carbocycles. The maximum atomic E-state index is 13.5. The number of hydrogen-bond acceptors (Lipinski definition) is 2. The number of hydrogen-bond donors (Lipinski definition) is 0. The van der Waals surface area contributed by atoms with Crippen LogP contribution in [0.5, 0.6) is 0 Å². The van der Waals surface area contributed by atoms with Gasteiger partial charge in [-0.2, -0.15) is 26.3 Å². The second kappa shape index (κ2) is 8.51. The van der Waals surface area contributed by atoms with E-state index in [0.717, 1.165) is 17.0 Å². The van der Waals surface area contributed by atoms with E-state index in [1.54, 1.807) is 0 Å². The molecule has 0 spiro atoms. The minimum Gasteiger partial charge on any atom is -0.334 e. The zero-order valence-corrected chi connectivity index (χ0v) is 16.2. The fourth-order valence-corrected chi connectivity index (χ4v) is 3.54. The summed E-state index contributed by atoms with van der Waals surface area (Å²) in [5, 5.41) is 0. The molecule has 0 N–H and O–H groups in total. The van der Waals surface area contributed by atoms with Gasteiger partial charge in [-0.15, -0.1) is 0 Å². The van der Waals surface area contributed by atoms with E-state index in [1.165, 1.54) is 6.07 Å². The average molecular weight is 465 g/mol. The van der Waals surface area contributed by atoms with E-state index in [4.69, 9.17) is 0 Å². The van der Waals surface area contributed by atoms with Crippen LogP contribution >= 0.6 is 0 Å². The Morgan fingerprint density at radius 3 is 2.03 bits per heavy atom. The molecule has 1 saturated heterocycles. The highest BCUT2D eigenvalue weighted by Gasteiger charge is 2.39. The number of benzene rings is 2. The quantitative estimate of drug-likeness (QED) is 0.568. The van der Waals surface area contributed by atoms with Crippen molar-refractivity contribution < 1.29 is 44.7 Å². The molecule has 1 unspecified atom stereocenters. The highest BCUT2D eigenvalue weighted by atomic mass is 19.4. The van der Waals surface area contributed by atoms with Crippen molar-refractivity contribution in [1.29, 1.82) is 0 Å². The van der Waals surface area contributed by atoms with Gasteiger partial charge in [0.15, 0.2) is 11.6 Å². The van der Waals surface area contributed by atoms with Crippen molar-refractivity contribution in [2.75, 3.05) is 6.54 Å². The number of halogens is 8. The minimum absolute atomic E-state index is 0.0880. The fourth-order valence-electron chi connectivity index (χ4n) is 3.54. The van der Waals surface area contributed by atoms with Gasteiger partial charge in [-0.1, -0.05) is 6.07 Å². The predicted octanol–water partition coefficient (Wildman–Crippen LogP) is 5.42. The summed E-state index contributed by atoms with van der Waals surface area (Å²) in [5.74, 6) is -3.69. The molecule has 1 heterocycles. The van der Waals surface area contributed by atoms with Crippen LogP contribution in [0.1, 0.15) is 39.9 Å². The highest BCUT2D eigenvalue weighted by Crippen LogP contribution is 2.37. The van der Waals surface area contributed by atoms with Gasteiger partial charge in [0.25, 0.3) is 5.91 Å². The third-order valence-corrected chi connectivity index (χ3v) is 5.09. The van der Waals surface area contributed by atoms with Crippen molar-refractivity contribution >= 4 is 11.7 Å². The van der Waals surface area contributed by atoms with E-state index < -0.39 is 52.6 Å². The third-order valence-electron chi connectivity index (χ3n) is 5.09. The summed E-state index contributed by atoms with van der Waals surface area (Å²) in [6.45, 7) is -0.233. The summed E-state index contributed by atoms with van der Waals surface area (Å²) in [6, 6.07) is 2.51. The number of piperidine rings is 1. The van der Waals surface area contributed by atoms with Gasteiger partial charge in [0.1, 0.15) is 5.78 Å². The molecule has 0 radical (unpaired) electrons. The molecule has 3 nitrogen and oxygen atoms in total. The summed E-state index contributed by atoms with van der Waals surface area (Å²) in [6.07, 6.45) is -10.8. The van der Waals surface area contributed by atoms with E-state index in [9.17, 15) is 44.7 Å². The normalized spacial score (nSPS) is 17.6. The molecule has 1 aliphatic rings. The van der Waals surface area contributed by atoms with Gasteiger partial charge in [-0.25, -0.2) is 8.78 Å². The van der Waals surface area contributed by atoms with Gasteiger partial charge in [0.2, 0.25) is 0 Å². The summed E-state index contributed by atoms with van der Waals surface area (Å²) in [7, 11) is 0. The fraction of sp³-hybridized carbons (Fsp3) is 0.333. The largest absolute Gasteiger partial charge is 0.416 e. The minimum atomic E-state index is -5.13. The lowest BCUT2D eigenvalue weighted by Crippen LogP contribution is -2.47. The number of alkyl halides is 6. The molecule has 1 atom stereocenters. The molecular weight excluding hydrogens is 450 g/mol. The van der Waals surface area contributed by atoms with Crippen LogP contribution in [0.3, 0.4) is 0 Å². The lowest BCUT2D eigenvalue weighted by Gasteiger charge is -2.35. The van der Waals surface area contributed by atoms with Crippen LogP contribution in [0.25, 0.3) is 0 Å². The number of Topliss-reactive ketones (excluding diaryl/α,β-unsaturated/α-hetero) is 1. The van der Waals surface area contributed by atoms with Crippen LogP contribution in [-0.4, -0.2) is 29.2 Å². The van der Waals surface area contributed by atoms with Crippen molar-refractivity contribution in [3.8, 4) is 0 Å². The van der Waals surface area contributed by atoms with Crippen LogP contribution < -0.4 is 0 Å². The Kier molecular flexibility index (Phi) is 6.30. The van der Waals surface area contributed by atoms with Gasteiger partial charge in [-0.3, -0.25) is 9.59 Å². The van der Waals surface area contributed by atoms with Crippen molar-refractivity contribution in [2.45, 2.75) is 37.7 Å². The molecular formula is C21H15F8NO2. The predicted molar refractivity (Wildman–Crippen MR) is 95.6 cm³/mol. The molecule has 1 fully saturated rings. The average Bonchev–Trinajstić information content (AvgIpc) is 2.69. The monoisotopic (exact) mass is 465 g/mol. The van der Waals surface area contributed by atoms with Gasteiger partial charge in [-0.05, 0) is 42.3 Å². The molecule has 11 heteroatoms. The number of amides is 1. The molecule has 0 saturated carbocycles.